The van der Waals surface area contributed by atoms with E-state index < -0.39 is 10.2 Å². The molecule has 0 spiro atoms. The first-order valence-corrected chi connectivity index (χ1v) is 11.4. The van der Waals surface area contributed by atoms with Gasteiger partial charge in [0, 0.05) is 23.1 Å². The van der Waals surface area contributed by atoms with Crippen molar-refractivity contribution in [1.29, 1.82) is 0 Å². The van der Waals surface area contributed by atoms with E-state index in [1.165, 1.54) is 0 Å². The van der Waals surface area contributed by atoms with Crippen molar-refractivity contribution < 1.29 is 43.0 Å². The second-order valence-electron chi connectivity index (χ2n) is 7.29. The summed E-state index contributed by atoms with van der Waals surface area (Å²) >= 11 is 0. The van der Waals surface area contributed by atoms with Crippen LogP contribution in [-0.4, -0.2) is 7.11 Å². The van der Waals surface area contributed by atoms with Crippen molar-refractivity contribution in [2.45, 2.75) is 0 Å². The van der Waals surface area contributed by atoms with Gasteiger partial charge < -0.3 is 9.15 Å². The fraction of sp³-hybridized carbons (Fsp3) is 0.0385. The average Bonchev–Trinajstić information content (AvgIpc) is 2.83. The van der Waals surface area contributed by atoms with Gasteiger partial charge in [-0.1, -0.05) is 48.5 Å². The number of ether oxygens (including phenoxy) is 1. The number of hydrogen-bond donors (Lipinski definition) is 1. The lowest BCUT2D eigenvalue weighted by molar-refractivity contribution is -2.00. The van der Waals surface area contributed by atoms with Gasteiger partial charge in [0.05, 0.1) is 18.6 Å². The van der Waals surface area contributed by atoms with Crippen LogP contribution in [0.2, 0.25) is 0 Å². The van der Waals surface area contributed by atoms with Gasteiger partial charge in [0.25, 0.3) is 0 Å². The molecule has 0 unspecified atom stereocenters. The summed E-state index contributed by atoms with van der Waals surface area (Å²) in [6, 6.07) is 32.7. The van der Waals surface area contributed by atoms with E-state index in [9.17, 15) is 0 Å². The van der Waals surface area contributed by atoms with Crippen LogP contribution in [-0.2, 0) is 0 Å². The second-order valence-corrected chi connectivity index (χ2v) is 8.04. The number of nitrogens with one attached hydrogen (secondary N) is 1. The Balaban J connectivity index is 0.000000499. The Morgan fingerprint density at radius 3 is 2.06 bits per heavy atom. The Labute approximate surface area is 197 Å². The quantitative estimate of drug-likeness (QED) is 0.359. The number of para-hydroxylation sites is 1. The summed E-state index contributed by atoms with van der Waals surface area (Å²) in [6.07, 6.45) is 0. The van der Waals surface area contributed by atoms with Crippen LogP contribution in [0.4, 0.5) is 5.69 Å². The second kappa shape index (κ2) is 10.0. The van der Waals surface area contributed by atoms with E-state index in [1.807, 2.05) is 54.6 Å². The number of rotatable bonds is 3. The summed E-state index contributed by atoms with van der Waals surface area (Å²) in [4.78, 5) is 3.56. The minimum Gasteiger partial charge on any atom is -0.497 e. The lowest BCUT2D eigenvalue weighted by Gasteiger charge is -2.17. The van der Waals surface area contributed by atoms with Gasteiger partial charge in [0.15, 0.2) is 0 Å². The van der Waals surface area contributed by atoms with Gasteiger partial charge >= 0.3 is 0 Å². The van der Waals surface area contributed by atoms with Crippen molar-refractivity contribution in [3.8, 4) is 17.1 Å². The van der Waals surface area contributed by atoms with Crippen LogP contribution in [0.1, 0.15) is 0 Å². The third kappa shape index (κ3) is 5.79. The van der Waals surface area contributed by atoms with Crippen LogP contribution in [0.3, 0.4) is 0 Å². The molecule has 1 N–H and O–H groups in total. The van der Waals surface area contributed by atoms with Gasteiger partial charge in [-0.3, -0.25) is 0 Å². The molecule has 4 aromatic carbocycles. The molecule has 0 aliphatic rings. The van der Waals surface area contributed by atoms with Gasteiger partial charge in [0.1, 0.15) is 17.1 Å². The highest BCUT2D eigenvalue weighted by Crippen LogP contribution is 2.28. The van der Waals surface area contributed by atoms with E-state index in [4.69, 9.17) is 27.8 Å². The average molecular weight is 478 g/mol. The molecule has 7 nitrogen and oxygen atoms in total. The Kier molecular flexibility index (Phi) is 6.93. The molecule has 8 heteroatoms. The maximum Gasteiger partial charge on any atom is 0.218 e. The molecule has 0 amide bonds. The van der Waals surface area contributed by atoms with Crippen molar-refractivity contribution in [2.24, 2.45) is 0 Å². The van der Waals surface area contributed by atoms with Gasteiger partial charge in [-0.05, 0) is 35.7 Å². The zero-order chi connectivity index (χ0) is 24.1. The molecular weight excluding hydrogens is 458 g/mol. The fourth-order valence-corrected chi connectivity index (χ4v) is 3.59. The highest BCUT2D eigenvalue weighted by atomic mass is 35.7. The predicted molar refractivity (Wildman–Crippen MR) is 116 cm³/mol. The summed E-state index contributed by atoms with van der Waals surface area (Å²) < 4.78 is 45.7. The Bertz CT molecular complexity index is 1470. The minimum atomic E-state index is -4.94. The van der Waals surface area contributed by atoms with Gasteiger partial charge in [-0.2, -0.15) is 0 Å². The van der Waals surface area contributed by atoms with E-state index in [0.29, 0.717) is 0 Å². The first kappa shape index (κ1) is 23.4. The molecule has 0 radical (unpaired) electrons. The van der Waals surface area contributed by atoms with Gasteiger partial charge in [-0.15, -0.1) is 10.2 Å². The molecule has 0 fully saturated rings. The molecular formula is C26H20ClNO6. The molecule has 1 heterocycles. The molecule has 1 aromatic heterocycles. The first-order chi connectivity index (χ1) is 16.3. The molecule has 34 heavy (non-hydrogen) atoms. The maximum absolute atomic E-state index is 8.49. The zero-order valence-corrected chi connectivity index (χ0v) is 18.8. The maximum atomic E-state index is 8.49. The predicted octanol–water partition coefficient (Wildman–Crippen LogP) is -0.181. The summed E-state index contributed by atoms with van der Waals surface area (Å²) in [6.45, 7) is 0. The number of benzene rings is 4. The highest BCUT2D eigenvalue weighted by Gasteiger charge is 2.12. The molecule has 5 aromatic rings. The number of fused-ring (bicyclic) bond motifs is 3. The third-order valence-electron chi connectivity index (χ3n) is 5.08. The van der Waals surface area contributed by atoms with E-state index in [-0.39, 0.29) is 0 Å². The lowest BCUT2D eigenvalue weighted by Crippen LogP contribution is -2.70. The molecule has 172 valence electrons. The van der Waals surface area contributed by atoms with Crippen molar-refractivity contribution in [3.63, 3.8) is 0 Å². The van der Waals surface area contributed by atoms with Gasteiger partial charge in [0.2, 0.25) is 11.0 Å². The first-order valence-electron chi connectivity index (χ1n) is 10.2. The largest absolute Gasteiger partial charge is 0.497 e. The normalized spacial score (nSPS) is 11.9. The van der Waals surface area contributed by atoms with Crippen LogP contribution in [0.5, 0.6) is 5.75 Å². The zero-order valence-electron chi connectivity index (χ0n) is 18.1. The van der Waals surface area contributed by atoms with E-state index in [0.717, 1.165) is 49.9 Å². The van der Waals surface area contributed by atoms with Crippen molar-refractivity contribution in [2.75, 3.05) is 7.11 Å². The smallest absolute Gasteiger partial charge is 0.218 e. The summed E-state index contributed by atoms with van der Waals surface area (Å²) in [5.41, 5.74) is 2.90. The SMILES string of the molecule is COc1ccc(-c2cc(=[NH+]c3ccccc3)c3ccc4ccccc4c3o2)cc1.[O-][Cl+3]([O-])([O-])[O-]. The topological polar surface area (TPSA) is 129 Å². The van der Waals surface area contributed by atoms with Crippen LogP contribution >= 0.6 is 0 Å². The summed E-state index contributed by atoms with van der Waals surface area (Å²) in [5.74, 6) is 1.62. The summed E-state index contributed by atoms with van der Waals surface area (Å²) in [7, 11) is -3.27. The monoisotopic (exact) mass is 477 g/mol. The Hall–Kier alpha value is -3.72. The Morgan fingerprint density at radius 2 is 1.38 bits per heavy atom. The lowest BCUT2D eigenvalue weighted by atomic mass is 10.1. The minimum absolute atomic E-state index is 0.801. The van der Waals surface area contributed by atoms with E-state index in [2.05, 4.69) is 47.5 Å². The molecule has 5 rings (SSSR count). The number of methoxy groups -OCH3 is 1. The van der Waals surface area contributed by atoms with E-state index in [1.54, 1.807) is 7.11 Å². The van der Waals surface area contributed by atoms with Crippen molar-refractivity contribution >= 4 is 27.4 Å². The van der Waals surface area contributed by atoms with Crippen LogP contribution in [0, 0.1) is 10.2 Å². The highest BCUT2D eigenvalue weighted by molar-refractivity contribution is 6.04. The number of halogens is 1. The molecule has 0 aliphatic heterocycles. The Morgan fingerprint density at radius 1 is 0.735 bits per heavy atom. The summed E-state index contributed by atoms with van der Waals surface area (Å²) in [5, 5.41) is 4.30. The van der Waals surface area contributed by atoms with E-state index >= 15 is 0 Å². The van der Waals surface area contributed by atoms with Crippen LogP contribution in [0.25, 0.3) is 33.1 Å². The molecule has 0 aliphatic carbocycles. The van der Waals surface area contributed by atoms with Crippen LogP contribution in [0.15, 0.2) is 101 Å². The molecule has 0 atom stereocenters. The van der Waals surface area contributed by atoms with Crippen molar-refractivity contribution in [1.82, 2.24) is 0 Å². The molecule has 0 saturated carbocycles. The number of hydrogen-bond acceptors (Lipinski definition) is 6. The molecule has 0 bridgehead atoms. The van der Waals surface area contributed by atoms with Crippen LogP contribution < -0.4 is 33.7 Å². The standard InChI is InChI=1S/C26H19NO2.ClHO4/c1-28-21-14-11-19(12-15-21)25-17-24(27-20-8-3-2-4-9-20)23-16-13-18-7-5-6-10-22(18)26(23)29-25;2-1(3,4)5/h2-17H,1H3;(H,2,3,4,5). The molecule has 0 saturated heterocycles. The van der Waals surface area contributed by atoms with Gasteiger partial charge in [-0.25, -0.2) is 23.6 Å². The fourth-order valence-electron chi connectivity index (χ4n) is 3.59. The third-order valence-corrected chi connectivity index (χ3v) is 5.08. The van der Waals surface area contributed by atoms with Crippen molar-refractivity contribution in [3.05, 3.63) is 102 Å².